The molecule has 1 aromatic heterocycles. The van der Waals surface area contributed by atoms with E-state index in [4.69, 9.17) is 16.1 Å². The average molecular weight is 286 g/mol. The van der Waals surface area contributed by atoms with Gasteiger partial charge in [0, 0.05) is 18.8 Å². The molecular weight excluding hydrogens is 260 g/mol. The van der Waals surface area contributed by atoms with Crippen molar-refractivity contribution in [2.45, 2.75) is 63.8 Å². The summed E-state index contributed by atoms with van der Waals surface area (Å²) in [4.78, 5) is 7.20. The van der Waals surface area contributed by atoms with Crippen molar-refractivity contribution in [3.8, 4) is 0 Å². The van der Waals surface area contributed by atoms with E-state index < -0.39 is 0 Å². The molecule has 1 aromatic rings. The first kappa shape index (κ1) is 14.4. The third-order valence-corrected chi connectivity index (χ3v) is 5.03. The van der Waals surface area contributed by atoms with Gasteiger partial charge in [-0.2, -0.15) is 0 Å². The van der Waals surface area contributed by atoms with E-state index in [1.54, 1.807) is 0 Å². The van der Waals surface area contributed by atoms with Crippen molar-refractivity contribution in [3.63, 3.8) is 0 Å². The SMILES string of the molecule is CN(c1nc2c(cc1C(=N)N)CCCC2)C1CCCCC1. The van der Waals surface area contributed by atoms with Crippen LogP contribution in [-0.2, 0) is 12.8 Å². The van der Waals surface area contributed by atoms with Crippen LogP contribution in [0.1, 0.15) is 61.8 Å². The highest BCUT2D eigenvalue weighted by Crippen LogP contribution is 2.30. The van der Waals surface area contributed by atoms with Gasteiger partial charge in [-0.1, -0.05) is 19.3 Å². The molecule has 3 rings (SSSR count). The van der Waals surface area contributed by atoms with Crippen LogP contribution < -0.4 is 10.6 Å². The van der Waals surface area contributed by atoms with Crippen LogP contribution in [0.3, 0.4) is 0 Å². The minimum atomic E-state index is 0.147. The first-order valence-corrected chi connectivity index (χ1v) is 8.27. The molecule has 0 atom stereocenters. The van der Waals surface area contributed by atoms with Gasteiger partial charge in [0.15, 0.2) is 0 Å². The van der Waals surface area contributed by atoms with E-state index in [9.17, 15) is 0 Å². The summed E-state index contributed by atoms with van der Waals surface area (Å²) < 4.78 is 0. The fourth-order valence-corrected chi connectivity index (χ4v) is 3.73. The van der Waals surface area contributed by atoms with Gasteiger partial charge in [-0.25, -0.2) is 4.98 Å². The molecule has 4 heteroatoms. The quantitative estimate of drug-likeness (QED) is 0.663. The Kier molecular flexibility index (Phi) is 4.13. The second-order valence-corrected chi connectivity index (χ2v) is 6.49. The monoisotopic (exact) mass is 286 g/mol. The summed E-state index contributed by atoms with van der Waals surface area (Å²) in [7, 11) is 2.12. The van der Waals surface area contributed by atoms with Gasteiger partial charge < -0.3 is 10.6 Å². The lowest BCUT2D eigenvalue weighted by Gasteiger charge is -2.34. The summed E-state index contributed by atoms with van der Waals surface area (Å²) in [5.74, 6) is 1.07. The Hall–Kier alpha value is -1.58. The Morgan fingerprint density at radius 3 is 2.62 bits per heavy atom. The highest BCUT2D eigenvalue weighted by Gasteiger charge is 2.24. The van der Waals surface area contributed by atoms with Crippen molar-refractivity contribution in [2.75, 3.05) is 11.9 Å². The molecule has 0 bridgehead atoms. The van der Waals surface area contributed by atoms with Crippen LogP contribution in [0.4, 0.5) is 5.82 Å². The normalized spacial score (nSPS) is 19.1. The predicted molar refractivity (Wildman–Crippen MR) is 87.2 cm³/mol. The lowest BCUT2D eigenvalue weighted by Crippen LogP contribution is -2.36. The molecular formula is C17H26N4. The van der Waals surface area contributed by atoms with Crippen molar-refractivity contribution in [1.82, 2.24) is 4.98 Å². The third-order valence-electron chi connectivity index (χ3n) is 5.03. The highest BCUT2D eigenvalue weighted by atomic mass is 15.2. The number of pyridine rings is 1. The lowest BCUT2D eigenvalue weighted by atomic mass is 9.92. The summed E-state index contributed by atoms with van der Waals surface area (Å²) in [6.07, 6.45) is 11.0. The summed E-state index contributed by atoms with van der Waals surface area (Å²) in [5.41, 5.74) is 9.18. The van der Waals surface area contributed by atoms with Gasteiger partial charge in [-0.3, -0.25) is 5.41 Å². The van der Waals surface area contributed by atoms with Gasteiger partial charge in [0.25, 0.3) is 0 Å². The topological polar surface area (TPSA) is 66.0 Å². The van der Waals surface area contributed by atoms with E-state index in [1.165, 1.54) is 56.2 Å². The number of nitrogens with two attached hydrogens (primary N) is 1. The smallest absolute Gasteiger partial charge is 0.139 e. The molecule has 0 aromatic carbocycles. The number of rotatable bonds is 3. The standard InChI is InChI=1S/C17H26N4/c1-21(13-8-3-2-4-9-13)17-14(16(18)19)11-12-7-5-6-10-15(12)20-17/h11,13H,2-10H2,1H3,(H3,18,19). The molecule has 2 aliphatic rings. The number of anilines is 1. The first-order valence-electron chi connectivity index (χ1n) is 8.27. The average Bonchev–Trinajstić information content (AvgIpc) is 2.53. The van der Waals surface area contributed by atoms with Gasteiger partial charge in [-0.05, 0) is 50.2 Å². The van der Waals surface area contributed by atoms with Gasteiger partial charge in [-0.15, -0.1) is 0 Å². The fraction of sp³-hybridized carbons (Fsp3) is 0.647. The van der Waals surface area contributed by atoms with E-state index in [2.05, 4.69) is 18.0 Å². The Morgan fingerprint density at radius 2 is 1.90 bits per heavy atom. The van der Waals surface area contributed by atoms with Crippen molar-refractivity contribution in [2.24, 2.45) is 5.73 Å². The molecule has 21 heavy (non-hydrogen) atoms. The Morgan fingerprint density at radius 1 is 1.19 bits per heavy atom. The van der Waals surface area contributed by atoms with E-state index >= 15 is 0 Å². The summed E-state index contributed by atoms with van der Waals surface area (Å²) in [5, 5.41) is 7.91. The van der Waals surface area contributed by atoms with Crippen molar-refractivity contribution in [1.29, 1.82) is 5.41 Å². The molecule has 1 fully saturated rings. The number of aromatic nitrogens is 1. The number of nitrogens with zero attached hydrogens (tertiary/aromatic N) is 2. The van der Waals surface area contributed by atoms with Gasteiger partial charge in [0.1, 0.15) is 11.7 Å². The number of fused-ring (bicyclic) bond motifs is 1. The molecule has 4 nitrogen and oxygen atoms in total. The Bertz CT molecular complexity index is 532. The van der Waals surface area contributed by atoms with E-state index in [0.717, 1.165) is 24.2 Å². The van der Waals surface area contributed by atoms with Crippen molar-refractivity contribution < 1.29 is 0 Å². The molecule has 0 aliphatic heterocycles. The van der Waals surface area contributed by atoms with Crippen LogP contribution in [0.15, 0.2) is 6.07 Å². The number of amidine groups is 1. The zero-order chi connectivity index (χ0) is 14.8. The minimum Gasteiger partial charge on any atom is -0.384 e. The molecule has 1 saturated carbocycles. The van der Waals surface area contributed by atoms with Crippen LogP contribution in [0.2, 0.25) is 0 Å². The van der Waals surface area contributed by atoms with E-state index in [-0.39, 0.29) is 5.84 Å². The number of hydrogen-bond donors (Lipinski definition) is 2. The number of nitrogens with one attached hydrogen (secondary N) is 1. The summed E-state index contributed by atoms with van der Waals surface area (Å²) >= 11 is 0. The zero-order valence-electron chi connectivity index (χ0n) is 13.0. The lowest BCUT2D eigenvalue weighted by molar-refractivity contribution is 0.425. The molecule has 0 spiro atoms. The minimum absolute atomic E-state index is 0.147. The zero-order valence-corrected chi connectivity index (χ0v) is 13.0. The Labute approximate surface area is 127 Å². The molecule has 3 N–H and O–H groups in total. The fourth-order valence-electron chi connectivity index (χ4n) is 3.73. The van der Waals surface area contributed by atoms with Gasteiger partial charge in [0.05, 0.1) is 5.56 Å². The maximum atomic E-state index is 7.91. The summed E-state index contributed by atoms with van der Waals surface area (Å²) in [6.45, 7) is 0. The van der Waals surface area contributed by atoms with E-state index in [0.29, 0.717) is 6.04 Å². The maximum Gasteiger partial charge on any atom is 0.139 e. The molecule has 0 saturated heterocycles. The second kappa shape index (κ2) is 6.04. The molecule has 2 aliphatic carbocycles. The molecule has 0 radical (unpaired) electrons. The van der Waals surface area contributed by atoms with Gasteiger partial charge >= 0.3 is 0 Å². The maximum absolute atomic E-state index is 7.91. The van der Waals surface area contributed by atoms with Gasteiger partial charge in [0.2, 0.25) is 0 Å². The third kappa shape index (κ3) is 2.89. The predicted octanol–water partition coefficient (Wildman–Crippen LogP) is 3.01. The Balaban J connectivity index is 1.96. The van der Waals surface area contributed by atoms with Crippen LogP contribution in [0.25, 0.3) is 0 Å². The van der Waals surface area contributed by atoms with Crippen LogP contribution >= 0.6 is 0 Å². The van der Waals surface area contributed by atoms with Crippen LogP contribution in [0, 0.1) is 5.41 Å². The number of aryl methyl sites for hydroxylation is 2. The molecule has 0 amide bonds. The number of nitrogen functional groups attached to an aromatic ring is 1. The van der Waals surface area contributed by atoms with Crippen molar-refractivity contribution in [3.05, 3.63) is 22.9 Å². The van der Waals surface area contributed by atoms with Crippen LogP contribution in [-0.4, -0.2) is 23.9 Å². The first-order chi connectivity index (χ1) is 10.2. The van der Waals surface area contributed by atoms with E-state index in [1.807, 2.05) is 0 Å². The largest absolute Gasteiger partial charge is 0.384 e. The van der Waals surface area contributed by atoms with Crippen LogP contribution in [0.5, 0.6) is 0 Å². The second-order valence-electron chi connectivity index (χ2n) is 6.49. The highest BCUT2D eigenvalue weighted by molar-refractivity contribution is 5.99. The number of hydrogen-bond acceptors (Lipinski definition) is 3. The van der Waals surface area contributed by atoms with Crippen molar-refractivity contribution >= 4 is 11.7 Å². The molecule has 0 unspecified atom stereocenters. The summed E-state index contributed by atoms with van der Waals surface area (Å²) in [6, 6.07) is 2.67. The molecule has 114 valence electrons. The molecule has 1 heterocycles.